The molecule has 0 rings (SSSR count). The summed E-state index contributed by atoms with van der Waals surface area (Å²) in [5, 5.41) is 1.14. The molecule has 1 heteroatoms. The molecule has 0 saturated carbocycles. The SMILES string of the molecule is CC[C@H](C)CBr. The number of hydrogen-bond acceptors (Lipinski definition) is 0. The maximum atomic E-state index is 3.37. The van der Waals surface area contributed by atoms with Crippen molar-refractivity contribution in [2.24, 2.45) is 5.92 Å². The van der Waals surface area contributed by atoms with Gasteiger partial charge in [0, 0.05) is 5.33 Å². The fourth-order valence-corrected chi connectivity index (χ4v) is 0.567. The van der Waals surface area contributed by atoms with Gasteiger partial charge < -0.3 is 0 Å². The second-order valence-corrected chi connectivity index (χ2v) is 2.32. The first-order valence-corrected chi connectivity index (χ1v) is 3.49. The van der Waals surface area contributed by atoms with Gasteiger partial charge in [-0.2, -0.15) is 0 Å². The molecule has 0 nitrogen and oxygen atoms in total. The molecule has 0 aliphatic carbocycles. The van der Waals surface area contributed by atoms with E-state index in [1.54, 1.807) is 0 Å². The van der Waals surface area contributed by atoms with Crippen molar-refractivity contribution < 1.29 is 0 Å². The van der Waals surface area contributed by atoms with Gasteiger partial charge >= 0.3 is 0 Å². The average molecular weight is 151 g/mol. The molecule has 0 heterocycles. The highest BCUT2D eigenvalue weighted by atomic mass is 79.9. The lowest BCUT2D eigenvalue weighted by atomic mass is 10.2. The fourth-order valence-electron chi connectivity index (χ4n) is 0.109. The molecule has 0 radical (unpaired) electrons. The second-order valence-electron chi connectivity index (χ2n) is 1.67. The maximum Gasteiger partial charge on any atom is 0.00569 e. The highest BCUT2D eigenvalue weighted by Gasteiger charge is 1.90. The van der Waals surface area contributed by atoms with Gasteiger partial charge in [-0.3, -0.25) is 0 Å². The predicted octanol–water partition coefficient (Wildman–Crippen LogP) is 2.43. The smallest absolute Gasteiger partial charge is 0.00569 e. The Kier molecular flexibility index (Phi) is 3.96. The molecule has 0 aliphatic heterocycles. The van der Waals surface area contributed by atoms with Gasteiger partial charge in [-0.05, 0) is 5.92 Å². The van der Waals surface area contributed by atoms with Crippen LogP contribution in [0.15, 0.2) is 0 Å². The number of halogens is 1. The van der Waals surface area contributed by atoms with Gasteiger partial charge in [-0.1, -0.05) is 36.2 Å². The second kappa shape index (κ2) is 3.66. The zero-order valence-electron chi connectivity index (χ0n) is 4.37. The Morgan fingerprint density at radius 1 is 1.67 bits per heavy atom. The lowest BCUT2D eigenvalue weighted by Crippen LogP contribution is -1.89. The van der Waals surface area contributed by atoms with E-state index >= 15 is 0 Å². The quantitative estimate of drug-likeness (QED) is 0.531. The van der Waals surface area contributed by atoms with Crippen LogP contribution in [-0.2, 0) is 0 Å². The normalized spacial score (nSPS) is 14.5. The molecule has 1 atom stereocenters. The minimum Gasteiger partial charge on any atom is -0.0925 e. The first-order chi connectivity index (χ1) is 2.81. The Balaban J connectivity index is 2.75. The Morgan fingerprint density at radius 2 is 2.17 bits per heavy atom. The van der Waals surface area contributed by atoms with Crippen molar-refractivity contribution in [3.8, 4) is 0 Å². The number of hydrogen-bond donors (Lipinski definition) is 0. The molecular weight excluding hydrogens is 140 g/mol. The van der Waals surface area contributed by atoms with E-state index in [2.05, 4.69) is 29.8 Å². The molecular formula is C5H11Br. The van der Waals surface area contributed by atoms with Crippen molar-refractivity contribution >= 4 is 15.9 Å². The zero-order valence-corrected chi connectivity index (χ0v) is 5.96. The van der Waals surface area contributed by atoms with Crippen LogP contribution >= 0.6 is 15.9 Å². The summed E-state index contributed by atoms with van der Waals surface area (Å²) < 4.78 is 0. The highest BCUT2D eigenvalue weighted by molar-refractivity contribution is 9.09. The average Bonchev–Trinajstić information content (AvgIpc) is 1.65. The van der Waals surface area contributed by atoms with Crippen molar-refractivity contribution in [2.45, 2.75) is 20.3 Å². The largest absolute Gasteiger partial charge is 0.0925 e. The van der Waals surface area contributed by atoms with Crippen LogP contribution in [0.3, 0.4) is 0 Å². The third kappa shape index (κ3) is 2.70. The fraction of sp³-hybridized carbons (Fsp3) is 1.00. The molecule has 0 spiro atoms. The first kappa shape index (κ1) is 6.48. The van der Waals surface area contributed by atoms with Crippen LogP contribution in [0, 0.1) is 5.92 Å². The van der Waals surface area contributed by atoms with Crippen molar-refractivity contribution in [3.05, 3.63) is 0 Å². The number of rotatable bonds is 2. The van der Waals surface area contributed by atoms with E-state index in [0.717, 1.165) is 11.2 Å². The van der Waals surface area contributed by atoms with E-state index in [1.165, 1.54) is 6.42 Å². The lowest BCUT2D eigenvalue weighted by molar-refractivity contribution is 0.641. The monoisotopic (exact) mass is 150 g/mol. The summed E-state index contributed by atoms with van der Waals surface area (Å²) in [5.41, 5.74) is 0. The topological polar surface area (TPSA) is 0 Å². The van der Waals surface area contributed by atoms with Crippen LogP contribution in [0.25, 0.3) is 0 Å². The molecule has 6 heavy (non-hydrogen) atoms. The molecule has 38 valence electrons. The zero-order chi connectivity index (χ0) is 4.99. The third-order valence-electron chi connectivity index (χ3n) is 0.960. The van der Waals surface area contributed by atoms with E-state index in [4.69, 9.17) is 0 Å². The van der Waals surface area contributed by atoms with E-state index in [9.17, 15) is 0 Å². The van der Waals surface area contributed by atoms with Crippen LogP contribution in [-0.4, -0.2) is 5.33 Å². The van der Waals surface area contributed by atoms with E-state index in [0.29, 0.717) is 0 Å². The molecule has 0 amide bonds. The molecule has 0 bridgehead atoms. The van der Waals surface area contributed by atoms with Crippen molar-refractivity contribution in [2.75, 3.05) is 5.33 Å². The van der Waals surface area contributed by atoms with Gasteiger partial charge in [-0.25, -0.2) is 0 Å². The maximum absolute atomic E-state index is 3.37. The predicted molar refractivity (Wildman–Crippen MR) is 33.2 cm³/mol. The van der Waals surface area contributed by atoms with Gasteiger partial charge in [-0.15, -0.1) is 0 Å². The standard InChI is InChI=1S/C5H11Br/c1-3-5(2)4-6/h5H,3-4H2,1-2H3/t5-/m0/s1. The summed E-state index contributed by atoms with van der Waals surface area (Å²) in [6.07, 6.45) is 1.28. The first-order valence-electron chi connectivity index (χ1n) is 2.37. The van der Waals surface area contributed by atoms with Gasteiger partial charge in [0.15, 0.2) is 0 Å². The summed E-state index contributed by atoms with van der Waals surface area (Å²) in [6, 6.07) is 0. The van der Waals surface area contributed by atoms with E-state index in [1.807, 2.05) is 0 Å². The summed E-state index contributed by atoms with van der Waals surface area (Å²) in [4.78, 5) is 0. The van der Waals surface area contributed by atoms with Crippen molar-refractivity contribution in [1.82, 2.24) is 0 Å². The van der Waals surface area contributed by atoms with Crippen LogP contribution in [0.5, 0.6) is 0 Å². The molecule has 0 fully saturated rings. The Hall–Kier alpha value is 0.480. The number of alkyl halides is 1. The van der Waals surface area contributed by atoms with Crippen LogP contribution in [0.2, 0.25) is 0 Å². The van der Waals surface area contributed by atoms with Crippen LogP contribution in [0.4, 0.5) is 0 Å². The van der Waals surface area contributed by atoms with Gasteiger partial charge in [0.25, 0.3) is 0 Å². The highest BCUT2D eigenvalue weighted by Crippen LogP contribution is 2.02. The van der Waals surface area contributed by atoms with Gasteiger partial charge in [0.05, 0.1) is 0 Å². The van der Waals surface area contributed by atoms with Crippen molar-refractivity contribution in [3.63, 3.8) is 0 Å². The Bertz CT molecular complexity index is 23.1. The Morgan fingerprint density at radius 3 is 2.17 bits per heavy atom. The minimum absolute atomic E-state index is 0.852. The summed E-state index contributed by atoms with van der Waals surface area (Å²) in [6.45, 7) is 4.43. The molecule has 0 N–H and O–H groups in total. The summed E-state index contributed by atoms with van der Waals surface area (Å²) in [5.74, 6) is 0.852. The summed E-state index contributed by atoms with van der Waals surface area (Å²) in [7, 11) is 0. The third-order valence-corrected chi connectivity index (χ3v) is 2.07. The van der Waals surface area contributed by atoms with Crippen LogP contribution in [0.1, 0.15) is 20.3 Å². The van der Waals surface area contributed by atoms with Crippen LogP contribution < -0.4 is 0 Å². The molecule has 0 unspecified atom stereocenters. The minimum atomic E-state index is 0.852. The van der Waals surface area contributed by atoms with Gasteiger partial charge in [0.2, 0.25) is 0 Å². The van der Waals surface area contributed by atoms with Crippen molar-refractivity contribution in [1.29, 1.82) is 0 Å². The molecule has 0 saturated heterocycles. The van der Waals surface area contributed by atoms with E-state index in [-0.39, 0.29) is 0 Å². The Labute approximate surface area is 48.1 Å². The lowest BCUT2D eigenvalue weighted by Gasteiger charge is -1.97. The molecule has 0 aromatic heterocycles. The molecule has 0 aromatic carbocycles. The summed E-state index contributed by atoms with van der Waals surface area (Å²) >= 11 is 3.37. The van der Waals surface area contributed by atoms with E-state index < -0.39 is 0 Å². The molecule has 0 aromatic rings. The molecule has 0 aliphatic rings. The van der Waals surface area contributed by atoms with Gasteiger partial charge in [0.1, 0.15) is 0 Å².